The average molecular weight is 222 g/mol. The summed E-state index contributed by atoms with van der Waals surface area (Å²) in [6.07, 6.45) is 3.96. The Kier molecular flexibility index (Phi) is 2.77. The van der Waals surface area contributed by atoms with E-state index in [4.69, 9.17) is 0 Å². The number of imide groups is 1. The Bertz CT molecular complexity index is 387. The number of nitrogens with zero attached hydrogens (tertiary/aromatic N) is 1. The molecule has 1 atom stereocenters. The maximum absolute atomic E-state index is 11.7. The van der Waals surface area contributed by atoms with E-state index in [9.17, 15) is 14.4 Å². The van der Waals surface area contributed by atoms with Gasteiger partial charge in [0, 0.05) is 12.1 Å². The van der Waals surface area contributed by atoms with Crippen LogP contribution in [0.25, 0.3) is 0 Å². The molecule has 1 N–H and O–H groups in total. The summed E-state index contributed by atoms with van der Waals surface area (Å²) in [6, 6.07) is -0.625. The van der Waals surface area contributed by atoms with Crippen molar-refractivity contribution in [3.05, 3.63) is 11.8 Å². The maximum Gasteiger partial charge on any atom is 0.250 e. The van der Waals surface area contributed by atoms with Crippen molar-refractivity contribution >= 4 is 17.7 Å². The molecule has 0 aromatic rings. The van der Waals surface area contributed by atoms with E-state index < -0.39 is 6.04 Å². The number of carbonyl (C=O) groups excluding carboxylic acids is 3. The molecule has 0 spiro atoms. The van der Waals surface area contributed by atoms with Crippen LogP contribution in [0.15, 0.2) is 11.8 Å². The van der Waals surface area contributed by atoms with Gasteiger partial charge in [-0.2, -0.15) is 0 Å². The summed E-state index contributed by atoms with van der Waals surface area (Å²) in [5.41, 5.74) is 0.877. The van der Waals surface area contributed by atoms with E-state index in [1.54, 1.807) is 0 Å². The normalized spacial score (nSPS) is 25.1. The van der Waals surface area contributed by atoms with Gasteiger partial charge in [0.2, 0.25) is 17.7 Å². The highest BCUT2D eigenvalue weighted by atomic mass is 16.2. The fraction of sp³-hybridized carbons (Fsp3) is 0.545. The van der Waals surface area contributed by atoms with Crippen LogP contribution in [0.3, 0.4) is 0 Å². The van der Waals surface area contributed by atoms with Gasteiger partial charge >= 0.3 is 0 Å². The van der Waals surface area contributed by atoms with E-state index in [0.717, 1.165) is 18.5 Å². The lowest BCUT2D eigenvalue weighted by atomic mass is 10.1. The quantitative estimate of drug-likeness (QED) is 0.699. The minimum Gasteiger partial charge on any atom is -0.303 e. The Hall–Kier alpha value is -1.65. The van der Waals surface area contributed by atoms with E-state index in [0.29, 0.717) is 6.42 Å². The Morgan fingerprint density at radius 2 is 2.19 bits per heavy atom. The molecular formula is C11H14N2O3. The fourth-order valence-electron chi connectivity index (χ4n) is 2.16. The topological polar surface area (TPSA) is 66.5 Å². The van der Waals surface area contributed by atoms with Crippen LogP contribution in [0.4, 0.5) is 0 Å². The summed E-state index contributed by atoms with van der Waals surface area (Å²) in [6.45, 7) is 2.02. The molecule has 0 aromatic heterocycles. The molecule has 1 unspecified atom stereocenters. The van der Waals surface area contributed by atoms with Crippen LogP contribution < -0.4 is 5.32 Å². The van der Waals surface area contributed by atoms with Gasteiger partial charge in [-0.05, 0) is 6.42 Å². The van der Waals surface area contributed by atoms with Gasteiger partial charge in [-0.15, -0.1) is 0 Å². The lowest BCUT2D eigenvalue weighted by molar-refractivity contribution is -0.135. The van der Waals surface area contributed by atoms with Gasteiger partial charge in [0.15, 0.2) is 0 Å². The summed E-state index contributed by atoms with van der Waals surface area (Å²) in [5.74, 6) is -0.744. The molecule has 0 radical (unpaired) electrons. The molecule has 2 aliphatic heterocycles. The zero-order valence-electron chi connectivity index (χ0n) is 9.16. The summed E-state index contributed by atoms with van der Waals surface area (Å²) in [5, 5.41) is 2.23. The molecule has 86 valence electrons. The number of nitrogens with one attached hydrogen (secondary N) is 1. The van der Waals surface area contributed by atoms with Crippen LogP contribution in [0.2, 0.25) is 0 Å². The van der Waals surface area contributed by atoms with E-state index in [-0.39, 0.29) is 24.1 Å². The molecule has 1 saturated heterocycles. The average Bonchev–Trinajstić information content (AvgIpc) is 2.71. The predicted octanol–water partition coefficient (Wildman–Crippen LogP) is 0.318. The number of carbonyl (C=O) groups is 3. The largest absolute Gasteiger partial charge is 0.303 e. The lowest BCUT2D eigenvalue weighted by Crippen LogP contribution is -2.41. The molecule has 5 heteroatoms. The summed E-state index contributed by atoms with van der Waals surface area (Å²) in [4.78, 5) is 35.8. The molecule has 0 bridgehead atoms. The van der Waals surface area contributed by atoms with Crippen molar-refractivity contribution in [3.8, 4) is 0 Å². The molecule has 1 fully saturated rings. The molecule has 16 heavy (non-hydrogen) atoms. The standard InChI is InChI=1S/C11H14N2O3/c1-2-3-7-4-5-10(15)13(7)8-6-9(14)12-11(8)16/h4,8H,2-3,5-6H2,1H3,(H,12,14,16). The number of rotatable bonds is 3. The zero-order valence-corrected chi connectivity index (χ0v) is 9.16. The molecule has 2 heterocycles. The molecule has 2 rings (SSSR count). The molecule has 5 nitrogen and oxygen atoms in total. The minimum atomic E-state index is -0.625. The lowest BCUT2D eigenvalue weighted by Gasteiger charge is -2.24. The van der Waals surface area contributed by atoms with Crippen molar-refractivity contribution in [2.75, 3.05) is 0 Å². The van der Waals surface area contributed by atoms with Gasteiger partial charge in [-0.25, -0.2) is 0 Å². The van der Waals surface area contributed by atoms with Gasteiger partial charge < -0.3 is 4.90 Å². The molecule has 0 saturated carbocycles. The number of hydrogen-bond donors (Lipinski definition) is 1. The number of hydrogen-bond acceptors (Lipinski definition) is 3. The third-order valence-corrected chi connectivity index (χ3v) is 2.85. The third kappa shape index (κ3) is 1.73. The smallest absolute Gasteiger partial charge is 0.250 e. The van der Waals surface area contributed by atoms with Crippen molar-refractivity contribution in [2.24, 2.45) is 0 Å². The van der Waals surface area contributed by atoms with Crippen LogP contribution in [0.1, 0.15) is 32.6 Å². The first kappa shape index (κ1) is 10.9. The maximum atomic E-state index is 11.7. The Balaban J connectivity index is 2.18. The minimum absolute atomic E-state index is 0.0849. The highest BCUT2D eigenvalue weighted by Gasteiger charge is 2.40. The SMILES string of the molecule is CCCC1=CCC(=O)N1C1CC(=O)NC1=O. The van der Waals surface area contributed by atoms with Crippen molar-refractivity contribution in [1.29, 1.82) is 0 Å². The monoisotopic (exact) mass is 222 g/mol. The summed E-state index contributed by atoms with van der Waals surface area (Å²) >= 11 is 0. The van der Waals surface area contributed by atoms with Gasteiger partial charge in [0.25, 0.3) is 0 Å². The van der Waals surface area contributed by atoms with Gasteiger partial charge in [-0.3, -0.25) is 19.7 Å². The zero-order chi connectivity index (χ0) is 11.7. The molecule has 2 aliphatic rings. The highest BCUT2D eigenvalue weighted by molar-refractivity contribution is 6.07. The van der Waals surface area contributed by atoms with Crippen LogP contribution in [-0.4, -0.2) is 28.7 Å². The van der Waals surface area contributed by atoms with Gasteiger partial charge in [-0.1, -0.05) is 19.4 Å². The van der Waals surface area contributed by atoms with Crippen LogP contribution in [0, 0.1) is 0 Å². The second-order valence-electron chi connectivity index (χ2n) is 4.05. The van der Waals surface area contributed by atoms with Crippen LogP contribution in [0.5, 0.6) is 0 Å². The third-order valence-electron chi connectivity index (χ3n) is 2.85. The molecule has 0 aromatic carbocycles. The van der Waals surface area contributed by atoms with Crippen molar-refractivity contribution < 1.29 is 14.4 Å². The van der Waals surface area contributed by atoms with Gasteiger partial charge in [0.05, 0.1) is 6.42 Å². The Labute approximate surface area is 93.5 Å². The first-order chi connectivity index (χ1) is 7.63. The van der Waals surface area contributed by atoms with Crippen molar-refractivity contribution in [2.45, 2.75) is 38.6 Å². The van der Waals surface area contributed by atoms with Gasteiger partial charge in [0.1, 0.15) is 6.04 Å². The van der Waals surface area contributed by atoms with E-state index in [1.807, 2.05) is 13.0 Å². The predicted molar refractivity (Wildman–Crippen MR) is 56.0 cm³/mol. The highest BCUT2D eigenvalue weighted by Crippen LogP contribution is 2.26. The Morgan fingerprint density at radius 1 is 1.44 bits per heavy atom. The number of amides is 3. The summed E-state index contributed by atoms with van der Waals surface area (Å²) in [7, 11) is 0. The van der Waals surface area contributed by atoms with E-state index >= 15 is 0 Å². The van der Waals surface area contributed by atoms with Crippen molar-refractivity contribution in [1.82, 2.24) is 10.2 Å². The second-order valence-corrected chi connectivity index (χ2v) is 4.05. The first-order valence-electron chi connectivity index (χ1n) is 5.48. The molecular weight excluding hydrogens is 208 g/mol. The second kappa shape index (κ2) is 4.08. The molecule has 3 amide bonds. The summed E-state index contributed by atoms with van der Waals surface area (Å²) < 4.78 is 0. The number of allylic oxidation sites excluding steroid dienone is 1. The Morgan fingerprint density at radius 3 is 2.75 bits per heavy atom. The first-order valence-corrected chi connectivity index (χ1v) is 5.48. The van der Waals surface area contributed by atoms with E-state index in [2.05, 4.69) is 5.32 Å². The van der Waals surface area contributed by atoms with Crippen LogP contribution in [-0.2, 0) is 14.4 Å². The fourth-order valence-corrected chi connectivity index (χ4v) is 2.16. The van der Waals surface area contributed by atoms with E-state index in [1.165, 1.54) is 4.90 Å². The van der Waals surface area contributed by atoms with Crippen molar-refractivity contribution in [3.63, 3.8) is 0 Å². The molecule has 0 aliphatic carbocycles. The van der Waals surface area contributed by atoms with Crippen LogP contribution >= 0.6 is 0 Å².